The fraction of sp³-hybridized carbons (Fsp3) is 0.316. The van der Waals surface area contributed by atoms with E-state index in [1.54, 1.807) is 48.2 Å². The molecule has 0 saturated carbocycles. The number of carbonyl (C=O) groups is 1. The van der Waals surface area contributed by atoms with Gasteiger partial charge in [0.2, 0.25) is 5.91 Å². The Morgan fingerprint density at radius 1 is 1.15 bits per heavy atom. The largest absolute Gasteiger partial charge is 0.378 e. The van der Waals surface area contributed by atoms with Crippen LogP contribution in [-0.4, -0.2) is 45.5 Å². The van der Waals surface area contributed by atoms with E-state index < -0.39 is 10.0 Å². The lowest BCUT2D eigenvalue weighted by Crippen LogP contribution is -2.41. The van der Waals surface area contributed by atoms with Gasteiger partial charge in [0.15, 0.2) is 0 Å². The van der Waals surface area contributed by atoms with Crippen molar-refractivity contribution in [3.8, 4) is 0 Å². The molecule has 2 aromatic carbocycles. The van der Waals surface area contributed by atoms with Gasteiger partial charge in [-0.3, -0.25) is 9.52 Å². The number of halogens is 1. The summed E-state index contributed by atoms with van der Waals surface area (Å²) in [5, 5.41) is 0.359. The lowest BCUT2D eigenvalue weighted by Gasteiger charge is -2.26. The van der Waals surface area contributed by atoms with E-state index in [9.17, 15) is 13.2 Å². The lowest BCUT2D eigenvalue weighted by molar-refractivity contribution is -0.134. The Kier molecular flexibility index (Phi) is 6.04. The number of nitrogens with zero attached hydrogens (tertiary/aromatic N) is 1. The quantitative estimate of drug-likeness (QED) is 0.825. The number of anilines is 1. The summed E-state index contributed by atoms with van der Waals surface area (Å²) in [6.07, 6.45) is 0.278. The highest BCUT2D eigenvalue weighted by Crippen LogP contribution is 2.23. The first-order valence-corrected chi connectivity index (χ1v) is 10.4. The molecule has 3 rings (SSSR count). The summed E-state index contributed by atoms with van der Waals surface area (Å²) in [4.78, 5) is 14.2. The third kappa shape index (κ3) is 5.00. The third-order valence-electron chi connectivity index (χ3n) is 4.36. The number of rotatable bonds is 5. The molecule has 2 aromatic rings. The van der Waals surface area contributed by atoms with Crippen molar-refractivity contribution in [3.63, 3.8) is 0 Å². The summed E-state index contributed by atoms with van der Waals surface area (Å²) in [6, 6.07) is 11.5. The van der Waals surface area contributed by atoms with Gasteiger partial charge in [0, 0.05) is 23.8 Å². The molecule has 1 fully saturated rings. The predicted molar refractivity (Wildman–Crippen MR) is 105 cm³/mol. The van der Waals surface area contributed by atoms with Crippen LogP contribution < -0.4 is 4.72 Å². The Bertz CT molecular complexity index is 923. The standard InChI is InChI=1S/C19H21ClN2O4S/c1-14-2-5-16(20)13-18(14)27(24,25)21-17-6-3-15(4-7-17)12-19(23)22-8-10-26-11-9-22/h2-7,13,21H,8-12H2,1H3. The highest BCUT2D eigenvalue weighted by molar-refractivity contribution is 7.92. The van der Waals surface area contributed by atoms with Gasteiger partial charge >= 0.3 is 0 Å². The molecule has 1 amide bonds. The maximum absolute atomic E-state index is 12.6. The molecular formula is C19H21ClN2O4S. The van der Waals surface area contributed by atoms with E-state index in [-0.39, 0.29) is 17.2 Å². The Balaban J connectivity index is 1.68. The number of ether oxygens (including phenoxy) is 1. The second kappa shape index (κ2) is 8.29. The molecule has 1 heterocycles. The summed E-state index contributed by atoms with van der Waals surface area (Å²) in [7, 11) is -3.74. The van der Waals surface area contributed by atoms with Crippen molar-refractivity contribution in [2.24, 2.45) is 0 Å². The molecule has 144 valence electrons. The van der Waals surface area contributed by atoms with Crippen LogP contribution in [0.3, 0.4) is 0 Å². The van der Waals surface area contributed by atoms with E-state index >= 15 is 0 Å². The zero-order valence-electron chi connectivity index (χ0n) is 14.9. The molecule has 0 aromatic heterocycles. The normalized spacial score (nSPS) is 14.8. The van der Waals surface area contributed by atoms with Crippen LogP contribution in [0.5, 0.6) is 0 Å². The first kappa shape index (κ1) is 19.7. The molecule has 0 radical (unpaired) electrons. The van der Waals surface area contributed by atoms with Crippen LogP contribution in [0.2, 0.25) is 5.02 Å². The van der Waals surface area contributed by atoms with E-state index in [4.69, 9.17) is 16.3 Å². The molecule has 6 nitrogen and oxygen atoms in total. The molecule has 0 bridgehead atoms. The molecular weight excluding hydrogens is 388 g/mol. The number of aryl methyl sites for hydroxylation is 1. The number of benzene rings is 2. The van der Waals surface area contributed by atoms with E-state index in [0.717, 1.165) is 5.56 Å². The minimum atomic E-state index is -3.74. The molecule has 1 aliphatic rings. The fourth-order valence-corrected chi connectivity index (χ4v) is 4.43. The van der Waals surface area contributed by atoms with Crippen LogP contribution >= 0.6 is 11.6 Å². The number of nitrogens with one attached hydrogen (secondary N) is 1. The lowest BCUT2D eigenvalue weighted by atomic mass is 10.1. The number of hydrogen-bond acceptors (Lipinski definition) is 4. The molecule has 0 aliphatic carbocycles. The van der Waals surface area contributed by atoms with Crippen LogP contribution in [0.1, 0.15) is 11.1 Å². The van der Waals surface area contributed by atoms with E-state index in [1.165, 1.54) is 6.07 Å². The average Bonchev–Trinajstić information content (AvgIpc) is 2.65. The van der Waals surface area contributed by atoms with Crippen LogP contribution in [-0.2, 0) is 26.0 Å². The summed E-state index contributed by atoms with van der Waals surface area (Å²) < 4.78 is 33.0. The van der Waals surface area contributed by atoms with Crippen molar-refractivity contribution in [1.82, 2.24) is 4.90 Å². The maximum atomic E-state index is 12.6. The summed E-state index contributed by atoms with van der Waals surface area (Å²) >= 11 is 5.92. The minimum Gasteiger partial charge on any atom is -0.378 e. The zero-order chi connectivity index (χ0) is 19.4. The van der Waals surface area contributed by atoms with Gasteiger partial charge in [-0.2, -0.15) is 0 Å². The topological polar surface area (TPSA) is 75.7 Å². The number of hydrogen-bond donors (Lipinski definition) is 1. The second-order valence-electron chi connectivity index (χ2n) is 6.38. The van der Waals surface area contributed by atoms with Crippen LogP contribution in [0.4, 0.5) is 5.69 Å². The van der Waals surface area contributed by atoms with Crippen molar-refractivity contribution in [3.05, 3.63) is 58.6 Å². The summed E-state index contributed by atoms with van der Waals surface area (Å²) in [6.45, 7) is 4.06. The maximum Gasteiger partial charge on any atom is 0.262 e. The van der Waals surface area contributed by atoms with Gasteiger partial charge < -0.3 is 9.64 Å². The van der Waals surface area contributed by atoms with Gasteiger partial charge in [0.05, 0.1) is 24.5 Å². The summed E-state index contributed by atoms with van der Waals surface area (Å²) in [5.74, 6) is 0.0428. The van der Waals surface area contributed by atoms with Gasteiger partial charge in [-0.15, -0.1) is 0 Å². The molecule has 27 heavy (non-hydrogen) atoms. The molecule has 1 saturated heterocycles. The highest BCUT2D eigenvalue weighted by atomic mass is 35.5. The number of carbonyl (C=O) groups excluding carboxylic acids is 1. The monoisotopic (exact) mass is 408 g/mol. The van der Waals surface area contributed by atoms with Crippen molar-refractivity contribution in [1.29, 1.82) is 0 Å². The predicted octanol–water partition coefficient (Wildman–Crippen LogP) is 2.85. The third-order valence-corrected chi connectivity index (χ3v) is 6.12. The Labute approximate surface area is 164 Å². The molecule has 0 spiro atoms. The Morgan fingerprint density at radius 2 is 1.81 bits per heavy atom. The molecule has 1 aliphatic heterocycles. The molecule has 0 atom stereocenters. The van der Waals surface area contributed by atoms with E-state index in [0.29, 0.717) is 42.6 Å². The van der Waals surface area contributed by atoms with Gasteiger partial charge in [-0.25, -0.2) is 8.42 Å². The Hall–Kier alpha value is -2.09. The SMILES string of the molecule is Cc1ccc(Cl)cc1S(=O)(=O)Nc1ccc(CC(=O)N2CCOCC2)cc1. The second-order valence-corrected chi connectivity index (χ2v) is 8.47. The van der Waals surface area contributed by atoms with E-state index in [1.807, 2.05) is 0 Å². The Morgan fingerprint density at radius 3 is 2.48 bits per heavy atom. The van der Waals surface area contributed by atoms with Crippen LogP contribution in [0.25, 0.3) is 0 Å². The summed E-state index contributed by atoms with van der Waals surface area (Å²) in [5.41, 5.74) is 1.87. The molecule has 8 heteroatoms. The molecule has 1 N–H and O–H groups in total. The van der Waals surface area contributed by atoms with Gasteiger partial charge in [0.25, 0.3) is 10.0 Å². The van der Waals surface area contributed by atoms with Crippen molar-refractivity contribution in [2.75, 3.05) is 31.0 Å². The number of sulfonamides is 1. The van der Waals surface area contributed by atoms with Gasteiger partial charge in [-0.05, 0) is 42.3 Å². The van der Waals surface area contributed by atoms with Crippen molar-refractivity contribution in [2.45, 2.75) is 18.2 Å². The van der Waals surface area contributed by atoms with Gasteiger partial charge in [-0.1, -0.05) is 29.8 Å². The van der Waals surface area contributed by atoms with Crippen molar-refractivity contribution >= 4 is 33.2 Å². The first-order chi connectivity index (χ1) is 12.8. The molecule has 0 unspecified atom stereocenters. The van der Waals surface area contributed by atoms with Gasteiger partial charge in [0.1, 0.15) is 0 Å². The van der Waals surface area contributed by atoms with E-state index in [2.05, 4.69) is 4.72 Å². The minimum absolute atomic E-state index is 0.0428. The smallest absolute Gasteiger partial charge is 0.262 e. The van der Waals surface area contributed by atoms with Crippen LogP contribution in [0, 0.1) is 6.92 Å². The number of morpholine rings is 1. The fourth-order valence-electron chi connectivity index (χ4n) is 2.86. The first-order valence-electron chi connectivity index (χ1n) is 8.58. The highest BCUT2D eigenvalue weighted by Gasteiger charge is 2.19. The van der Waals surface area contributed by atoms with Crippen molar-refractivity contribution < 1.29 is 17.9 Å². The van der Waals surface area contributed by atoms with Crippen LogP contribution in [0.15, 0.2) is 47.4 Å². The zero-order valence-corrected chi connectivity index (χ0v) is 16.5. The number of amides is 1. The average molecular weight is 409 g/mol.